The molecule has 0 bridgehead atoms. The molecular formula is C25H24F3N5O6. The number of hydrogen-bond donors (Lipinski definition) is 2. The van der Waals surface area contributed by atoms with Crippen molar-refractivity contribution in [1.29, 1.82) is 0 Å². The molecule has 3 aromatic heterocycles. The Bertz CT molecular complexity index is 1540. The van der Waals surface area contributed by atoms with Crippen molar-refractivity contribution in [2.45, 2.75) is 26.9 Å². The number of rotatable bonds is 6. The van der Waals surface area contributed by atoms with Gasteiger partial charge in [0.15, 0.2) is 5.82 Å². The molecule has 0 spiro atoms. The van der Waals surface area contributed by atoms with Crippen LogP contribution in [-0.4, -0.2) is 56.5 Å². The first-order valence-corrected chi connectivity index (χ1v) is 11.3. The van der Waals surface area contributed by atoms with Gasteiger partial charge in [-0.15, -0.1) is 0 Å². The van der Waals surface area contributed by atoms with Gasteiger partial charge in [-0.25, -0.2) is 19.6 Å². The van der Waals surface area contributed by atoms with Crippen molar-refractivity contribution in [3.63, 3.8) is 0 Å². The Kier molecular flexibility index (Phi) is 8.58. The number of carboxylic acids is 1. The standard InChI is InChI=1S/C23H23N5O4.C2HF3O2/c1-5-31-23(29)19-14(3)32-22-20(19)21(24)26-18(27-22)9-7-15-6-8-16(17(10-15)30-4)28-11-13(2)25-12-28;3-2(4,5)1(6)7/h6-12H,5H2,1-4H3,(H2,24,26,27);(H,6,7)/b9-7+;. The molecule has 3 N–H and O–H groups in total. The van der Waals surface area contributed by atoms with Gasteiger partial charge in [-0.3, -0.25) is 0 Å². The van der Waals surface area contributed by atoms with Crippen molar-refractivity contribution in [2.75, 3.05) is 19.5 Å². The third kappa shape index (κ3) is 6.71. The van der Waals surface area contributed by atoms with Crippen molar-refractivity contribution in [3.05, 3.63) is 59.1 Å². The van der Waals surface area contributed by atoms with E-state index in [0.29, 0.717) is 22.7 Å². The Balaban J connectivity index is 0.000000532. The lowest BCUT2D eigenvalue weighted by Crippen LogP contribution is -2.21. The van der Waals surface area contributed by atoms with E-state index in [1.165, 1.54) is 0 Å². The Morgan fingerprint density at radius 3 is 2.46 bits per heavy atom. The number of furan rings is 1. The van der Waals surface area contributed by atoms with Gasteiger partial charge >= 0.3 is 18.1 Å². The molecule has 0 unspecified atom stereocenters. The van der Waals surface area contributed by atoms with Gasteiger partial charge in [-0.05, 0) is 44.5 Å². The number of aryl methyl sites for hydroxylation is 2. The number of nitrogens with two attached hydrogens (primary N) is 1. The minimum absolute atomic E-state index is 0.151. The molecular weight excluding hydrogens is 523 g/mol. The maximum absolute atomic E-state index is 12.3. The lowest BCUT2D eigenvalue weighted by molar-refractivity contribution is -0.192. The molecule has 0 saturated carbocycles. The number of carbonyl (C=O) groups excluding carboxylic acids is 1. The summed E-state index contributed by atoms with van der Waals surface area (Å²) in [6.45, 7) is 5.57. The van der Waals surface area contributed by atoms with E-state index in [0.717, 1.165) is 16.9 Å². The number of halogens is 3. The predicted molar refractivity (Wildman–Crippen MR) is 134 cm³/mol. The smallest absolute Gasteiger partial charge is 0.490 e. The van der Waals surface area contributed by atoms with E-state index < -0.39 is 18.1 Å². The van der Waals surface area contributed by atoms with Gasteiger partial charge in [0.1, 0.15) is 22.9 Å². The molecule has 3 heterocycles. The average molecular weight is 547 g/mol. The number of carboxylic acid groups (broad SMARTS) is 1. The summed E-state index contributed by atoms with van der Waals surface area (Å²) in [6, 6.07) is 5.79. The molecule has 0 aliphatic heterocycles. The largest absolute Gasteiger partial charge is 0.495 e. The minimum atomic E-state index is -5.08. The molecule has 11 nitrogen and oxygen atoms in total. The van der Waals surface area contributed by atoms with Crippen LogP contribution in [0.3, 0.4) is 0 Å². The van der Waals surface area contributed by atoms with Crippen LogP contribution in [0, 0.1) is 13.8 Å². The van der Waals surface area contributed by atoms with Crippen LogP contribution >= 0.6 is 0 Å². The Morgan fingerprint density at radius 2 is 1.90 bits per heavy atom. The second-order valence-corrected chi connectivity index (χ2v) is 7.89. The first-order valence-electron chi connectivity index (χ1n) is 11.3. The molecule has 1 aromatic carbocycles. The fourth-order valence-electron chi connectivity index (χ4n) is 3.41. The van der Waals surface area contributed by atoms with Crippen molar-refractivity contribution in [3.8, 4) is 11.4 Å². The van der Waals surface area contributed by atoms with Crippen LogP contribution < -0.4 is 10.5 Å². The van der Waals surface area contributed by atoms with Crippen molar-refractivity contribution < 1.29 is 41.8 Å². The lowest BCUT2D eigenvalue weighted by atomic mass is 10.1. The number of nitrogens with zero attached hydrogens (tertiary/aromatic N) is 4. The third-order valence-electron chi connectivity index (χ3n) is 5.11. The number of aliphatic carboxylic acids is 1. The second kappa shape index (κ2) is 11.7. The van der Waals surface area contributed by atoms with Gasteiger partial charge in [0, 0.05) is 6.20 Å². The van der Waals surface area contributed by atoms with Crippen LogP contribution in [0.4, 0.5) is 19.0 Å². The number of anilines is 1. The summed E-state index contributed by atoms with van der Waals surface area (Å²) >= 11 is 0. The number of carbonyl (C=O) groups is 2. The summed E-state index contributed by atoms with van der Waals surface area (Å²) in [4.78, 5) is 34.1. The molecule has 0 amide bonds. The Labute approximate surface area is 219 Å². The molecule has 0 aliphatic rings. The molecule has 0 atom stereocenters. The Hall–Kier alpha value is -4.88. The monoisotopic (exact) mass is 547 g/mol. The normalized spacial score (nSPS) is 11.4. The minimum Gasteiger partial charge on any atom is -0.495 e. The molecule has 206 valence electrons. The van der Waals surface area contributed by atoms with Gasteiger partial charge < -0.3 is 29.3 Å². The first kappa shape index (κ1) is 28.7. The van der Waals surface area contributed by atoms with Gasteiger partial charge in [0.05, 0.1) is 36.8 Å². The van der Waals surface area contributed by atoms with Gasteiger partial charge in [-0.2, -0.15) is 18.2 Å². The summed E-state index contributed by atoms with van der Waals surface area (Å²) < 4.78 is 49.9. The summed E-state index contributed by atoms with van der Waals surface area (Å²) in [5.74, 6) is -1.68. The fourth-order valence-corrected chi connectivity index (χ4v) is 3.41. The van der Waals surface area contributed by atoms with E-state index in [9.17, 15) is 18.0 Å². The molecule has 0 saturated heterocycles. The summed E-state index contributed by atoms with van der Waals surface area (Å²) in [5.41, 5.74) is 9.29. The van der Waals surface area contributed by atoms with Crippen LogP contribution in [0.2, 0.25) is 0 Å². The molecule has 39 heavy (non-hydrogen) atoms. The van der Waals surface area contributed by atoms with Crippen LogP contribution in [0.5, 0.6) is 5.75 Å². The zero-order chi connectivity index (χ0) is 28.9. The van der Waals surface area contributed by atoms with Crippen molar-refractivity contribution in [2.24, 2.45) is 0 Å². The number of aromatic nitrogens is 4. The summed E-state index contributed by atoms with van der Waals surface area (Å²) in [5, 5.41) is 7.49. The molecule has 0 radical (unpaired) electrons. The number of esters is 1. The van der Waals surface area contributed by atoms with E-state index in [-0.39, 0.29) is 23.7 Å². The number of methoxy groups -OCH3 is 1. The number of imidazole rings is 1. The SMILES string of the molecule is CCOC(=O)c1c(C)oc2nc(/C=C/c3ccc(-n4cnc(C)c4)c(OC)c3)nc(N)c12.O=C(O)C(F)(F)F. The number of fused-ring (bicyclic) bond motifs is 1. The highest BCUT2D eigenvalue weighted by Crippen LogP contribution is 2.30. The average Bonchev–Trinajstić information content (AvgIpc) is 3.45. The maximum atomic E-state index is 12.3. The molecule has 14 heteroatoms. The highest BCUT2D eigenvalue weighted by molar-refractivity contribution is 6.07. The molecule has 4 aromatic rings. The van der Waals surface area contributed by atoms with Crippen LogP contribution in [0.25, 0.3) is 28.9 Å². The number of alkyl halides is 3. The van der Waals surface area contributed by atoms with Gasteiger partial charge in [0.25, 0.3) is 0 Å². The quantitative estimate of drug-likeness (QED) is 0.327. The summed E-state index contributed by atoms with van der Waals surface area (Å²) in [7, 11) is 1.62. The van der Waals surface area contributed by atoms with Crippen LogP contribution in [0.1, 0.15) is 40.1 Å². The zero-order valence-corrected chi connectivity index (χ0v) is 21.2. The molecule has 0 aliphatic carbocycles. The topological polar surface area (TPSA) is 156 Å². The highest BCUT2D eigenvalue weighted by atomic mass is 19.4. The molecule has 4 rings (SSSR count). The fraction of sp³-hybridized carbons (Fsp3) is 0.240. The van der Waals surface area contributed by atoms with E-state index in [1.807, 2.05) is 42.0 Å². The second-order valence-electron chi connectivity index (χ2n) is 7.89. The van der Waals surface area contributed by atoms with Crippen molar-refractivity contribution >= 4 is 41.0 Å². The van der Waals surface area contributed by atoms with E-state index in [2.05, 4.69) is 15.0 Å². The summed E-state index contributed by atoms with van der Waals surface area (Å²) in [6.07, 6.45) is 2.14. The highest BCUT2D eigenvalue weighted by Gasteiger charge is 2.38. The van der Waals surface area contributed by atoms with Gasteiger partial charge in [0.2, 0.25) is 5.71 Å². The van der Waals surface area contributed by atoms with E-state index >= 15 is 0 Å². The number of ether oxygens (including phenoxy) is 2. The predicted octanol–water partition coefficient (Wildman–Crippen LogP) is 4.60. The first-order chi connectivity index (χ1) is 18.3. The maximum Gasteiger partial charge on any atom is 0.490 e. The van der Waals surface area contributed by atoms with E-state index in [4.69, 9.17) is 29.5 Å². The number of hydrogen-bond acceptors (Lipinski definition) is 9. The zero-order valence-electron chi connectivity index (χ0n) is 21.2. The van der Waals surface area contributed by atoms with Gasteiger partial charge in [-0.1, -0.05) is 12.1 Å². The third-order valence-corrected chi connectivity index (χ3v) is 5.11. The van der Waals surface area contributed by atoms with Crippen LogP contribution in [0.15, 0.2) is 35.1 Å². The number of benzene rings is 1. The number of nitrogen functional groups attached to an aromatic ring is 1. The van der Waals surface area contributed by atoms with Crippen LogP contribution in [-0.2, 0) is 9.53 Å². The van der Waals surface area contributed by atoms with Crippen molar-refractivity contribution in [1.82, 2.24) is 19.5 Å². The Morgan fingerprint density at radius 1 is 1.21 bits per heavy atom. The molecule has 0 fully saturated rings. The lowest BCUT2D eigenvalue weighted by Gasteiger charge is -2.10. The van der Waals surface area contributed by atoms with E-state index in [1.54, 1.807) is 33.4 Å².